The van der Waals surface area contributed by atoms with Gasteiger partial charge in [-0.15, -0.1) is 0 Å². The van der Waals surface area contributed by atoms with Gasteiger partial charge in [-0.05, 0) is 37.1 Å². The van der Waals surface area contributed by atoms with Gasteiger partial charge in [-0.3, -0.25) is 9.36 Å². The van der Waals surface area contributed by atoms with Crippen molar-refractivity contribution >= 4 is 5.91 Å². The second-order valence-electron chi connectivity index (χ2n) is 6.15. The van der Waals surface area contributed by atoms with Gasteiger partial charge in [-0.1, -0.05) is 12.1 Å². The molecule has 1 aliphatic rings. The molecule has 128 valence electrons. The number of carbonyl (C=O) groups excluding carboxylic acids is 1. The normalized spacial score (nSPS) is 16.9. The molecule has 2 aromatic heterocycles. The Morgan fingerprint density at radius 3 is 2.84 bits per heavy atom. The van der Waals surface area contributed by atoms with Gasteiger partial charge in [0.25, 0.3) is 5.91 Å². The molecule has 0 bridgehead atoms. The molecule has 1 atom stereocenters. The summed E-state index contributed by atoms with van der Waals surface area (Å²) >= 11 is 0. The van der Waals surface area contributed by atoms with E-state index in [1.54, 1.807) is 23.0 Å². The largest absolute Gasteiger partial charge is 0.464 e. The van der Waals surface area contributed by atoms with Crippen LogP contribution in [0.3, 0.4) is 0 Å². The second-order valence-corrected chi connectivity index (χ2v) is 6.15. The first-order chi connectivity index (χ1) is 12.2. The van der Waals surface area contributed by atoms with E-state index in [0.29, 0.717) is 24.9 Å². The second kappa shape index (κ2) is 6.43. The quantitative estimate of drug-likeness (QED) is 0.763. The summed E-state index contributed by atoms with van der Waals surface area (Å²) < 4.78 is 6.99. The summed E-state index contributed by atoms with van der Waals surface area (Å²) in [6.45, 7) is 0.563. The van der Waals surface area contributed by atoms with E-state index < -0.39 is 0 Å². The maximum Gasteiger partial charge on any atom is 0.343 e. The van der Waals surface area contributed by atoms with Crippen LogP contribution in [-0.2, 0) is 13.0 Å². The molecular weight excluding hydrogens is 320 g/mol. The monoisotopic (exact) mass is 338 g/mol. The number of furan rings is 1. The smallest absolute Gasteiger partial charge is 0.343 e. The van der Waals surface area contributed by atoms with Gasteiger partial charge >= 0.3 is 5.69 Å². The van der Waals surface area contributed by atoms with Gasteiger partial charge in [0.05, 0.1) is 6.26 Å². The number of rotatable bonds is 3. The molecule has 0 spiro atoms. The van der Waals surface area contributed by atoms with Crippen molar-refractivity contribution in [1.29, 1.82) is 0 Å². The lowest BCUT2D eigenvalue weighted by molar-refractivity contribution is 0.0933. The average molecular weight is 338 g/mol. The SMILES string of the molecule is O=C(NC1CCc2n[nH]c(=O)n2CC1)c1ccc(-c2ccco2)cc1. The Hall–Kier alpha value is -3.09. The van der Waals surface area contributed by atoms with Crippen molar-refractivity contribution in [3.8, 4) is 11.3 Å². The molecule has 0 aliphatic carbocycles. The Labute approximate surface area is 143 Å². The van der Waals surface area contributed by atoms with Gasteiger partial charge in [-0.25, -0.2) is 9.89 Å². The topological polar surface area (TPSA) is 92.9 Å². The number of H-pyrrole nitrogens is 1. The molecule has 1 aliphatic heterocycles. The number of nitrogens with zero attached hydrogens (tertiary/aromatic N) is 2. The van der Waals surface area contributed by atoms with E-state index in [-0.39, 0.29) is 17.6 Å². The zero-order chi connectivity index (χ0) is 17.2. The van der Waals surface area contributed by atoms with Crippen molar-refractivity contribution < 1.29 is 9.21 Å². The molecule has 25 heavy (non-hydrogen) atoms. The molecule has 4 rings (SSSR count). The number of hydrogen-bond donors (Lipinski definition) is 2. The van der Waals surface area contributed by atoms with Crippen LogP contribution < -0.4 is 11.0 Å². The van der Waals surface area contributed by atoms with Crippen LogP contribution in [0.4, 0.5) is 0 Å². The molecule has 0 fully saturated rings. The summed E-state index contributed by atoms with van der Waals surface area (Å²) in [5.74, 6) is 1.42. The Bertz CT molecular complexity index is 922. The molecular formula is C18H18N4O3. The van der Waals surface area contributed by atoms with Crippen LogP contribution in [0.1, 0.15) is 29.0 Å². The Morgan fingerprint density at radius 2 is 2.08 bits per heavy atom. The molecule has 1 aromatic carbocycles. The minimum Gasteiger partial charge on any atom is -0.464 e. The van der Waals surface area contributed by atoms with Gasteiger partial charge in [0.1, 0.15) is 11.6 Å². The third-order valence-corrected chi connectivity index (χ3v) is 4.54. The van der Waals surface area contributed by atoms with Crippen molar-refractivity contribution in [2.24, 2.45) is 0 Å². The van der Waals surface area contributed by atoms with Crippen molar-refractivity contribution in [1.82, 2.24) is 20.1 Å². The standard InChI is InChI=1S/C18H18N4O3/c23-17(13-5-3-12(4-6-13)15-2-1-11-25-15)19-14-7-8-16-20-21-18(24)22(16)10-9-14/h1-6,11,14H,7-10H2,(H,19,23)(H,21,24). The highest BCUT2D eigenvalue weighted by atomic mass is 16.3. The number of carbonyl (C=O) groups is 1. The molecule has 3 aromatic rings. The zero-order valence-corrected chi connectivity index (χ0v) is 13.6. The maximum atomic E-state index is 12.5. The number of amides is 1. The summed E-state index contributed by atoms with van der Waals surface area (Å²) in [6.07, 6.45) is 3.77. The van der Waals surface area contributed by atoms with Gasteiger partial charge < -0.3 is 9.73 Å². The lowest BCUT2D eigenvalue weighted by Crippen LogP contribution is -2.35. The highest BCUT2D eigenvalue weighted by Crippen LogP contribution is 2.20. The van der Waals surface area contributed by atoms with Crippen LogP contribution in [0.25, 0.3) is 11.3 Å². The number of nitrogens with one attached hydrogen (secondary N) is 2. The van der Waals surface area contributed by atoms with Crippen molar-refractivity contribution in [3.63, 3.8) is 0 Å². The first-order valence-electron chi connectivity index (χ1n) is 8.29. The average Bonchev–Trinajstić information content (AvgIpc) is 3.23. The number of benzene rings is 1. The Kier molecular flexibility index (Phi) is 3.97. The fourth-order valence-corrected chi connectivity index (χ4v) is 3.15. The molecule has 0 radical (unpaired) electrons. The van der Waals surface area contributed by atoms with Crippen molar-refractivity contribution in [3.05, 3.63) is 64.5 Å². The van der Waals surface area contributed by atoms with Crippen LogP contribution in [0.5, 0.6) is 0 Å². The Morgan fingerprint density at radius 1 is 1.24 bits per heavy atom. The fraction of sp³-hybridized carbons (Fsp3) is 0.278. The van der Waals surface area contributed by atoms with E-state index >= 15 is 0 Å². The summed E-state index contributed by atoms with van der Waals surface area (Å²) in [7, 11) is 0. The molecule has 7 heteroatoms. The van der Waals surface area contributed by atoms with E-state index in [9.17, 15) is 9.59 Å². The molecule has 1 unspecified atom stereocenters. The van der Waals surface area contributed by atoms with E-state index in [0.717, 1.165) is 23.6 Å². The lowest BCUT2D eigenvalue weighted by atomic mass is 10.1. The minimum absolute atomic E-state index is 0.0263. The van der Waals surface area contributed by atoms with E-state index in [1.165, 1.54) is 0 Å². The van der Waals surface area contributed by atoms with Crippen LogP contribution in [-0.4, -0.2) is 26.7 Å². The molecule has 0 saturated heterocycles. The molecule has 3 heterocycles. The van der Waals surface area contributed by atoms with Crippen molar-refractivity contribution in [2.75, 3.05) is 0 Å². The minimum atomic E-state index is -0.185. The number of fused-ring (bicyclic) bond motifs is 1. The van der Waals surface area contributed by atoms with E-state index in [2.05, 4.69) is 15.5 Å². The number of hydrogen-bond acceptors (Lipinski definition) is 4. The van der Waals surface area contributed by atoms with Gasteiger partial charge in [-0.2, -0.15) is 5.10 Å². The molecule has 2 N–H and O–H groups in total. The summed E-state index contributed by atoms with van der Waals surface area (Å²) in [5.41, 5.74) is 1.35. The number of aromatic amines is 1. The van der Waals surface area contributed by atoms with Gasteiger partial charge in [0.2, 0.25) is 0 Å². The molecule has 1 amide bonds. The fourth-order valence-electron chi connectivity index (χ4n) is 3.15. The first kappa shape index (κ1) is 15.4. The summed E-state index contributed by atoms with van der Waals surface area (Å²) in [5, 5.41) is 9.55. The zero-order valence-electron chi connectivity index (χ0n) is 13.6. The van der Waals surface area contributed by atoms with E-state index in [4.69, 9.17) is 4.42 Å². The first-order valence-corrected chi connectivity index (χ1v) is 8.29. The number of aryl methyl sites for hydroxylation is 1. The lowest BCUT2D eigenvalue weighted by Gasteiger charge is -2.16. The third-order valence-electron chi connectivity index (χ3n) is 4.54. The summed E-state index contributed by atoms with van der Waals surface area (Å²) in [6, 6.07) is 11.1. The third kappa shape index (κ3) is 3.13. The summed E-state index contributed by atoms with van der Waals surface area (Å²) in [4.78, 5) is 24.1. The highest BCUT2D eigenvalue weighted by molar-refractivity contribution is 5.94. The highest BCUT2D eigenvalue weighted by Gasteiger charge is 2.20. The predicted molar refractivity (Wildman–Crippen MR) is 91.2 cm³/mol. The van der Waals surface area contributed by atoms with Crippen LogP contribution >= 0.6 is 0 Å². The van der Waals surface area contributed by atoms with Crippen molar-refractivity contribution in [2.45, 2.75) is 31.8 Å². The molecule has 0 saturated carbocycles. The van der Waals surface area contributed by atoms with Gasteiger partial charge in [0, 0.05) is 30.1 Å². The predicted octanol–water partition coefficient (Wildman–Crippen LogP) is 1.97. The van der Waals surface area contributed by atoms with Gasteiger partial charge in [0.15, 0.2) is 0 Å². The van der Waals surface area contributed by atoms with Crippen LogP contribution in [0.15, 0.2) is 51.9 Å². The van der Waals surface area contributed by atoms with Crippen LogP contribution in [0, 0.1) is 0 Å². The molecule has 7 nitrogen and oxygen atoms in total. The number of aromatic nitrogens is 3. The van der Waals surface area contributed by atoms with E-state index in [1.807, 2.05) is 24.3 Å². The Balaban J connectivity index is 1.41. The maximum absolute atomic E-state index is 12.5. The van der Waals surface area contributed by atoms with Crippen LogP contribution in [0.2, 0.25) is 0 Å².